The van der Waals surface area contributed by atoms with Crippen molar-refractivity contribution >= 4 is 17.3 Å². The number of piperidine rings is 1. The number of aromatic nitrogens is 3. The number of carbonyl (C=O) groups is 1. The molecule has 2 aromatic carbocycles. The average Bonchev–Trinajstić information content (AvgIpc) is 3.54. The number of likely N-dealkylation sites (tertiary alicyclic amines) is 1. The molecule has 40 heavy (non-hydrogen) atoms. The van der Waals surface area contributed by atoms with E-state index in [1.54, 1.807) is 23.1 Å². The zero-order valence-electron chi connectivity index (χ0n) is 21.0. The predicted octanol–water partition coefficient (Wildman–Crippen LogP) is 4.90. The van der Waals surface area contributed by atoms with E-state index in [0.717, 1.165) is 23.5 Å². The third kappa shape index (κ3) is 4.64. The molecule has 1 unspecified atom stereocenters. The number of rotatable bonds is 4. The number of halogens is 4. The molecule has 1 amide bonds. The Morgan fingerprint density at radius 2 is 1.73 bits per heavy atom. The number of carbonyl (C=O) groups excluding carboxylic acids is 1. The quantitative estimate of drug-likeness (QED) is 0.350. The second kappa shape index (κ2) is 9.94. The molecule has 0 aliphatic carbocycles. The van der Waals surface area contributed by atoms with Gasteiger partial charge in [-0.1, -0.05) is 12.1 Å². The van der Waals surface area contributed by atoms with Gasteiger partial charge < -0.3 is 20.2 Å². The standard InChI is InChI=1S/C28H24F4N6O2/c29-21-15-19(5-6-20(21)28(30,31)32)38-25(17-7-11-33-12-8-17)16-23(35-38)26(39)36-13-9-18(10-14-36)37-24-4-2-1-3-22(24)34-27(37)40/h1-8,11-12,15-16,18,27,34,40H,9-10,13-14H2. The molecule has 1 saturated heterocycles. The Labute approximate surface area is 226 Å². The summed E-state index contributed by atoms with van der Waals surface area (Å²) in [6.07, 6.45) is -1.40. The van der Waals surface area contributed by atoms with Crippen molar-refractivity contribution in [2.45, 2.75) is 31.4 Å². The van der Waals surface area contributed by atoms with E-state index in [4.69, 9.17) is 0 Å². The minimum atomic E-state index is -4.84. The number of pyridine rings is 1. The van der Waals surface area contributed by atoms with Crippen LogP contribution in [0.1, 0.15) is 28.9 Å². The number of amides is 1. The maximum absolute atomic E-state index is 14.4. The van der Waals surface area contributed by atoms with Gasteiger partial charge in [-0.3, -0.25) is 9.78 Å². The first-order valence-electron chi connectivity index (χ1n) is 12.7. The summed E-state index contributed by atoms with van der Waals surface area (Å²) in [6, 6.07) is 15.1. The molecule has 12 heteroatoms. The smallest absolute Gasteiger partial charge is 0.356 e. The Kier molecular flexibility index (Phi) is 6.41. The van der Waals surface area contributed by atoms with Crippen LogP contribution in [0.25, 0.3) is 16.9 Å². The summed E-state index contributed by atoms with van der Waals surface area (Å²) in [5.41, 5.74) is 1.51. The van der Waals surface area contributed by atoms with Crippen LogP contribution in [0.5, 0.6) is 0 Å². The molecule has 8 nitrogen and oxygen atoms in total. The number of aliphatic hydroxyl groups excluding tert-OH is 1. The van der Waals surface area contributed by atoms with Crippen LogP contribution in [0, 0.1) is 5.82 Å². The lowest BCUT2D eigenvalue weighted by molar-refractivity contribution is -0.140. The van der Waals surface area contributed by atoms with Gasteiger partial charge in [-0.25, -0.2) is 9.07 Å². The molecule has 4 aromatic rings. The van der Waals surface area contributed by atoms with E-state index in [2.05, 4.69) is 15.4 Å². The van der Waals surface area contributed by atoms with Crippen molar-refractivity contribution in [3.8, 4) is 16.9 Å². The summed E-state index contributed by atoms with van der Waals surface area (Å²) in [4.78, 5) is 21.1. The van der Waals surface area contributed by atoms with Gasteiger partial charge in [-0.05, 0) is 55.3 Å². The minimum Gasteiger partial charge on any atom is -0.356 e. The Morgan fingerprint density at radius 1 is 1.00 bits per heavy atom. The lowest BCUT2D eigenvalue weighted by atomic mass is 10.0. The topological polar surface area (TPSA) is 86.5 Å². The predicted molar refractivity (Wildman–Crippen MR) is 139 cm³/mol. The summed E-state index contributed by atoms with van der Waals surface area (Å²) in [5, 5.41) is 18.0. The summed E-state index contributed by atoms with van der Waals surface area (Å²) in [6.45, 7) is 0.836. The summed E-state index contributed by atoms with van der Waals surface area (Å²) >= 11 is 0. The number of alkyl halides is 3. The van der Waals surface area contributed by atoms with Gasteiger partial charge in [0, 0.05) is 43.2 Å². The van der Waals surface area contributed by atoms with Gasteiger partial charge in [0.05, 0.1) is 28.3 Å². The van der Waals surface area contributed by atoms with Crippen LogP contribution >= 0.6 is 0 Å². The zero-order chi connectivity index (χ0) is 28.0. The van der Waals surface area contributed by atoms with E-state index in [-0.39, 0.29) is 23.3 Å². The van der Waals surface area contributed by atoms with E-state index in [0.29, 0.717) is 43.3 Å². The highest BCUT2D eigenvalue weighted by molar-refractivity contribution is 5.93. The number of benzene rings is 2. The second-order valence-electron chi connectivity index (χ2n) is 9.69. The lowest BCUT2D eigenvalue weighted by Gasteiger charge is -2.38. The molecular formula is C28H24F4N6O2. The highest BCUT2D eigenvalue weighted by Crippen LogP contribution is 2.37. The number of hydrogen-bond donors (Lipinski definition) is 2. The number of fused-ring (bicyclic) bond motifs is 1. The fourth-order valence-corrected chi connectivity index (χ4v) is 5.34. The van der Waals surface area contributed by atoms with Crippen molar-refractivity contribution in [2.75, 3.05) is 23.3 Å². The van der Waals surface area contributed by atoms with E-state index in [1.165, 1.54) is 17.1 Å². The van der Waals surface area contributed by atoms with Crippen LogP contribution < -0.4 is 10.2 Å². The maximum Gasteiger partial charge on any atom is 0.419 e. The molecule has 206 valence electrons. The molecule has 2 N–H and O–H groups in total. The molecule has 0 radical (unpaired) electrons. The largest absolute Gasteiger partial charge is 0.419 e. The van der Waals surface area contributed by atoms with Crippen LogP contribution in [0.4, 0.5) is 28.9 Å². The monoisotopic (exact) mass is 552 g/mol. The molecule has 0 bridgehead atoms. The van der Waals surface area contributed by atoms with E-state index < -0.39 is 23.9 Å². The van der Waals surface area contributed by atoms with Gasteiger partial charge in [0.2, 0.25) is 6.35 Å². The van der Waals surface area contributed by atoms with Crippen LogP contribution in [-0.2, 0) is 6.18 Å². The van der Waals surface area contributed by atoms with Crippen LogP contribution in [0.2, 0.25) is 0 Å². The van der Waals surface area contributed by atoms with Gasteiger partial charge in [0.25, 0.3) is 5.91 Å². The molecule has 6 rings (SSSR count). The summed E-state index contributed by atoms with van der Waals surface area (Å²) < 4.78 is 55.1. The normalized spacial score (nSPS) is 17.6. The molecule has 4 heterocycles. The van der Waals surface area contributed by atoms with Crippen LogP contribution in [0.15, 0.2) is 73.1 Å². The Hall–Kier alpha value is -4.45. The third-order valence-corrected chi connectivity index (χ3v) is 7.28. The Balaban J connectivity index is 1.26. The second-order valence-corrected chi connectivity index (χ2v) is 9.69. The lowest BCUT2D eigenvalue weighted by Crippen LogP contribution is -2.50. The molecule has 2 aliphatic rings. The molecule has 1 atom stereocenters. The van der Waals surface area contributed by atoms with Crippen LogP contribution in [0.3, 0.4) is 0 Å². The Morgan fingerprint density at radius 3 is 2.42 bits per heavy atom. The van der Waals surface area contributed by atoms with Gasteiger partial charge in [-0.2, -0.15) is 18.3 Å². The minimum absolute atomic E-state index is 0.00950. The fraction of sp³-hybridized carbons (Fsp3) is 0.250. The van der Waals surface area contributed by atoms with Crippen molar-refractivity contribution in [3.63, 3.8) is 0 Å². The third-order valence-electron chi connectivity index (χ3n) is 7.28. The van der Waals surface area contributed by atoms with Crippen molar-refractivity contribution in [1.29, 1.82) is 0 Å². The SMILES string of the molecule is O=C(c1cc(-c2ccncc2)n(-c2ccc(C(F)(F)F)c(F)c2)n1)N1CCC(N2c3ccccc3NC2O)CC1. The molecule has 0 saturated carbocycles. The highest BCUT2D eigenvalue weighted by atomic mass is 19.4. The van der Waals surface area contributed by atoms with Gasteiger partial charge in [0.15, 0.2) is 5.69 Å². The Bertz CT molecular complexity index is 1550. The first-order valence-corrected chi connectivity index (χ1v) is 12.7. The molecular weight excluding hydrogens is 528 g/mol. The van der Waals surface area contributed by atoms with Crippen LogP contribution in [-0.4, -0.2) is 56.2 Å². The maximum atomic E-state index is 14.4. The fourth-order valence-electron chi connectivity index (χ4n) is 5.34. The number of nitrogens with one attached hydrogen (secondary N) is 1. The number of para-hydroxylation sites is 2. The number of hydrogen-bond acceptors (Lipinski definition) is 6. The number of nitrogens with zero attached hydrogens (tertiary/aromatic N) is 5. The molecule has 2 aliphatic heterocycles. The molecule has 0 spiro atoms. The first-order chi connectivity index (χ1) is 19.2. The van der Waals surface area contributed by atoms with Crippen molar-refractivity contribution in [1.82, 2.24) is 19.7 Å². The highest BCUT2D eigenvalue weighted by Gasteiger charge is 2.36. The van der Waals surface area contributed by atoms with Crippen molar-refractivity contribution in [3.05, 3.63) is 90.1 Å². The summed E-state index contributed by atoms with van der Waals surface area (Å²) in [5.74, 6) is -1.78. The molecule has 2 aromatic heterocycles. The van der Waals surface area contributed by atoms with E-state index >= 15 is 0 Å². The number of anilines is 2. The van der Waals surface area contributed by atoms with Gasteiger partial charge in [0.1, 0.15) is 5.82 Å². The van der Waals surface area contributed by atoms with Gasteiger partial charge >= 0.3 is 6.18 Å². The van der Waals surface area contributed by atoms with Crippen molar-refractivity contribution < 1.29 is 27.5 Å². The van der Waals surface area contributed by atoms with Crippen molar-refractivity contribution in [2.24, 2.45) is 0 Å². The number of aliphatic hydroxyl groups is 1. The van der Waals surface area contributed by atoms with E-state index in [1.807, 2.05) is 29.2 Å². The van der Waals surface area contributed by atoms with E-state index in [9.17, 15) is 27.5 Å². The van der Waals surface area contributed by atoms with Gasteiger partial charge in [-0.15, -0.1) is 0 Å². The summed E-state index contributed by atoms with van der Waals surface area (Å²) in [7, 11) is 0. The zero-order valence-corrected chi connectivity index (χ0v) is 21.0. The average molecular weight is 553 g/mol. The first kappa shape index (κ1) is 25.8. The molecule has 1 fully saturated rings.